The number of hydrogen-bond acceptors (Lipinski definition) is 9. The Morgan fingerprint density at radius 2 is 1.45 bits per heavy atom. The number of ether oxygens (including phenoxy) is 5. The van der Waals surface area contributed by atoms with E-state index in [-0.39, 0.29) is 12.2 Å². The van der Waals surface area contributed by atoms with Crippen LogP contribution < -0.4 is 24.3 Å². The topological polar surface area (TPSA) is 123 Å². The molecule has 1 atom stereocenters. The van der Waals surface area contributed by atoms with E-state index in [1.807, 2.05) is 0 Å². The van der Waals surface area contributed by atoms with Crippen molar-refractivity contribution in [2.24, 2.45) is 0 Å². The monoisotopic (exact) mass is 616 g/mol. The van der Waals surface area contributed by atoms with Gasteiger partial charge in [-0.15, -0.1) is 5.10 Å². The molecule has 5 rings (SSSR count). The van der Waals surface area contributed by atoms with Crippen LogP contribution in [0.25, 0.3) is 16.8 Å². The second-order valence-electron chi connectivity index (χ2n) is 9.52. The summed E-state index contributed by atoms with van der Waals surface area (Å²) in [7, 11) is 6.00. The molecule has 0 saturated heterocycles. The van der Waals surface area contributed by atoms with Crippen LogP contribution >= 0.6 is 11.6 Å². The van der Waals surface area contributed by atoms with Crippen molar-refractivity contribution in [1.82, 2.24) is 14.6 Å². The summed E-state index contributed by atoms with van der Waals surface area (Å²) in [5.74, 6) is 0.717. The molecule has 5 aromatic rings. The van der Waals surface area contributed by atoms with Crippen LogP contribution in [0.2, 0.25) is 5.02 Å². The Kier molecular flexibility index (Phi) is 9.15. The zero-order chi connectivity index (χ0) is 31.2. The van der Waals surface area contributed by atoms with Gasteiger partial charge >= 0.3 is 5.97 Å². The van der Waals surface area contributed by atoms with Crippen molar-refractivity contribution in [3.05, 3.63) is 95.3 Å². The number of fused-ring (bicyclic) bond motifs is 1. The number of halogens is 1. The van der Waals surface area contributed by atoms with Crippen molar-refractivity contribution in [3.63, 3.8) is 0 Å². The van der Waals surface area contributed by atoms with Crippen LogP contribution in [0.4, 0.5) is 5.82 Å². The van der Waals surface area contributed by atoms with Crippen LogP contribution in [0.5, 0.6) is 23.0 Å². The van der Waals surface area contributed by atoms with E-state index < -0.39 is 18.0 Å². The average molecular weight is 617 g/mol. The Hall–Kier alpha value is -5.29. The third-order valence-electron chi connectivity index (χ3n) is 6.69. The summed E-state index contributed by atoms with van der Waals surface area (Å²) >= 11 is 6.13. The minimum Gasteiger partial charge on any atom is -0.497 e. The second-order valence-corrected chi connectivity index (χ2v) is 9.96. The van der Waals surface area contributed by atoms with Crippen LogP contribution in [0.15, 0.2) is 79.1 Å². The van der Waals surface area contributed by atoms with E-state index in [9.17, 15) is 9.59 Å². The molecule has 0 bridgehead atoms. The fraction of sp³-hybridized carbons (Fsp3) is 0.188. The van der Waals surface area contributed by atoms with Gasteiger partial charge in [-0.05, 0) is 53.6 Å². The molecular formula is C32H29ClN4O7. The molecule has 44 heavy (non-hydrogen) atoms. The average Bonchev–Trinajstić information content (AvgIpc) is 3.40. The van der Waals surface area contributed by atoms with Gasteiger partial charge in [0.2, 0.25) is 6.10 Å². The summed E-state index contributed by atoms with van der Waals surface area (Å²) in [6, 6.07) is 18.7. The van der Waals surface area contributed by atoms with E-state index in [1.54, 1.807) is 83.6 Å². The first kappa shape index (κ1) is 30.2. The lowest BCUT2D eigenvalue weighted by Crippen LogP contribution is -2.27. The molecule has 2 heterocycles. The molecule has 0 fully saturated rings. The van der Waals surface area contributed by atoms with Crippen LogP contribution in [0.1, 0.15) is 17.2 Å². The first-order valence-corrected chi connectivity index (χ1v) is 13.7. The van der Waals surface area contributed by atoms with E-state index in [0.717, 1.165) is 5.56 Å². The zero-order valence-corrected chi connectivity index (χ0v) is 25.1. The highest BCUT2D eigenvalue weighted by molar-refractivity contribution is 6.30. The molecule has 2 aromatic heterocycles. The minimum atomic E-state index is -1.41. The van der Waals surface area contributed by atoms with Gasteiger partial charge in [0.15, 0.2) is 11.5 Å². The Balaban J connectivity index is 1.52. The molecule has 0 aliphatic heterocycles. The lowest BCUT2D eigenvalue weighted by molar-refractivity contribution is -0.154. The van der Waals surface area contributed by atoms with Crippen molar-refractivity contribution in [2.75, 3.05) is 33.8 Å². The third kappa shape index (κ3) is 6.68. The van der Waals surface area contributed by atoms with E-state index in [4.69, 9.17) is 35.3 Å². The number of nitrogens with one attached hydrogen (secondary N) is 1. The third-order valence-corrected chi connectivity index (χ3v) is 6.95. The number of esters is 1. The molecule has 1 N–H and O–H groups in total. The first-order chi connectivity index (χ1) is 21.3. The normalized spacial score (nSPS) is 11.5. The van der Waals surface area contributed by atoms with Crippen molar-refractivity contribution in [2.45, 2.75) is 12.5 Å². The molecule has 0 aliphatic carbocycles. The molecule has 0 saturated carbocycles. The Morgan fingerprint density at radius 1 is 0.864 bits per heavy atom. The lowest BCUT2D eigenvalue weighted by atomic mass is 10.1. The number of amides is 1. The van der Waals surface area contributed by atoms with E-state index in [0.29, 0.717) is 50.4 Å². The van der Waals surface area contributed by atoms with Crippen LogP contribution in [-0.4, -0.2) is 54.9 Å². The molecule has 11 nitrogen and oxygen atoms in total. The quantitative estimate of drug-likeness (QED) is 0.190. The standard InChI is InChI=1S/C32H29ClN4O7/c1-40-23-12-19(13-24(17-23)41-2)14-27(38)44-29(21-15-25(42-3)18-26(16-21)43-4)32(39)35-30-28(20-6-8-22(33)9-7-20)31-34-10-5-11-37(31)36-30/h5-13,15-18,29H,14H2,1-4H3,(H,35,36,39). The van der Waals surface area contributed by atoms with E-state index in [2.05, 4.69) is 15.4 Å². The van der Waals surface area contributed by atoms with Gasteiger partial charge in [-0.2, -0.15) is 0 Å². The number of carbonyl (C=O) groups excluding carboxylic acids is 2. The van der Waals surface area contributed by atoms with Gasteiger partial charge in [0.05, 0.1) is 40.4 Å². The number of benzene rings is 3. The summed E-state index contributed by atoms with van der Waals surface area (Å²) in [4.78, 5) is 31.8. The minimum absolute atomic E-state index is 0.160. The number of methoxy groups -OCH3 is 4. The predicted octanol–water partition coefficient (Wildman–Crippen LogP) is 5.55. The largest absolute Gasteiger partial charge is 0.497 e. The van der Waals surface area contributed by atoms with Gasteiger partial charge < -0.3 is 29.0 Å². The van der Waals surface area contributed by atoms with Crippen molar-refractivity contribution < 1.29 is 33.3 Å². The van der Waals surface area contributed by atoms with Gasteiger partial charge in [-0.3, -0.25) is 9.59 Å². The molecule has 0 radical (unpaired) electrons. The van der Waals surface area contributed by atoms with E-state index >= 15 is 0 Å². The number of rotatable bonds is 11. The molecular weight excluding hydrogens is 588 g/mol. The van der Waals surface area contributed by atoms with Crippen molar-refractivity contribution in [1.29, 1.82) is 0 Å². The first-order valence-electron chi connectivity index (χ1n) is 13.4. The maximum absolute atomic E-state index is 14.0. The highest BCUT2D eigenvalue weighted by atomic mass is 35.5. The molecule has 3 aromatic carbocycles. The fourth-order valence-electron chi connectivity index (χ4n) is 4.60. The fourth-order valence-corrected chi connectivity index (χ4v) is 4.73. The number of carbonyl (C=O) groups is 2. The number of hydrogen-bond donors (Lipinski definition) is 1. The number of aromatic nitrogens is 3. The van der Waals surface area contributed by atoms with Gasteiger partial charge in [0, 0.05) is 35.1 Å². The summed E-state index contributed by atoms with van der Waals surface area (Å²) in [5.41, 5.74) is 2.69. The highest BCUT2D eigenvalue weighted by Crippen LogP contribution is 2.34. The maximum atomic E-state index is 14.0. The Labute approximate surface area is 258 Å². The Bertz CT molecular complexity index is 1760. The maximum Gasteiger partial charge on any atom is 0.311 e. The summed E-state index contributed by atoms with van der Waals surface area (Å²) in [6.07, 6.45) is 1.77. The summed E-state index contributed by atoms with van der Waals surface area (Å²) in [5, 5.41) is 7.95. The number of nitrogens with zero attached hydrogens (tertiary/aromatic N) is 3. The zero-order valence-electron chi connectivity index (χ0n) is 24.4. The SMILES string of the molecule is COc1cc(CC(=O)OC(C(=O)Nc2nn3cccnc3c2-c2ccc(Cl)cc2)c2cc(OC)cc(OC)c2)cc(OC)c1. The predicted molar refractivity (Wildman–Crippen MR) is 164 cm³/mol. The molecule has 226 valence electrons. The second kappa shape index (κ2) is 13.3. The van der Waals surface area contributed by atoms with Crippen LogP contribution in [-0.2, 0) is 20.7 Å². The highest BCUT2D eigenvalue weighted by Gasteiger charge is 2.29. The van der Waals surface area contributed by atoms with Crippen molar-refractivity contribution >= 4 is 34.9 Å². The van der Waals surface area contributed by atoms with Gasteiger partial charge in [-0.1, -0.05) is 23.7 Å². The van der Waals surface area contributed by atoms with Gasteiger partial charge in [-0.25, -0.2) is 9.50 Å². The molecule has 1 unspecified atom stereocenters. The molecule has 12 heteroatoms. The van der Waals surface area contributed by atoms with E-state index in [1.165, 1.54) is 28.4 Å². The molecule has 1 amide bonds. The Morgan fingerprint density at radius 3 is 2.05 bits per heavy atom. The van der Waals surface area contributed by atoms with Crippen LogP contribution in [0, 0.1) is 0 Å². The molecule has 0 aliphatic rings. The summed E-state index contributed by atoms with van der Waals surface area (Å²) in [6.45, 7) is 0. The van der Waals surface area contributed by atoms with Crippen molar-refractivity contribution in [3.8, 4) is 34.1 Å². The summed E-state index contributed by atoms with van der Waals surface area (Å²) < 4.78 is 28.8. The smallest absolute Gasteiger partial charge is 0.311 e. The van der Waals surface area contributed by atoms with Crippen LogP contribution in [0.3, 0.4) is 0 Å². The molecule has 0 spiro atoms. The van der Waals surface area contributed by atoms with Gasteiger partial charge in [0.1, 0.15) is 23.0 Å². The lowest BCUT2D eigenvalue weighted by Gasteiger charge is -2.19. The number of anilines is 1. The van der Waals surface area contributed by atoms with Gasteiger partial charge in [0.25, 0.3) is 5.91 Å².